The molecule has 1 unspecified atom stereocenters. The molecular weight excluding hydrogens is 300 g/mol. The van der Waals surface area contributed by atoms with Crippen LogP contribution in [-0.4, -0.2) is 33.6 Å². The SMILES string of the molecule is CC1CCc2c(sc(=O)n2Cc2nc(N)nc(N(C)C)n2)C1. The van der Waals surface area contributed by atoms with Gasteiger partial charge in [0, 0.05) is 24.7 Å². The minimum absolute atomic E-state index is 0.0597. The summed E-state index contributed by atoms with van der Waals surface area (Å²) in [5, 5.41) is 0. The number of rotatable bonds is 3. The normalized spacial score (nSPS) is 17.3. The van der Waals surface area contributed by atoms with E-state index in [1.807, 2.05) is 14.1 Å². The van der Waals surface area contributed by atoms with Crippen molar-refractivity contribution in [3.05, 3.63) is 26.1 Å². The van der Waals surface area contributed by atoms with Crippen molar-refractivity contribution in [1.82, 2.24) is 19.5 Å². The van der Waals surface area contributed by atoms with Crippen LogP contribution in [0.3, 0.4) is 0 Å². The minimum Gasteiger partial charge on any atom is -0.368 e. The molecule has 0 radical (unpaired) electrons. The van der Waals surface area contributed by atoms with Crippen molar-refractivity contribution in [3.8, 4) is 0 Å². The van der Waals surface area contributed by atoms with Crippen molar-refractivity contribution < 1.29 is 0 Å². The van der Waals surface area contributed by atoms with Crippen molar-refractivity contribution in [3.63, 3.8) is 0 Å². The first kappa shape index (κ1) is 15.0. The van der Waals surface area contributed by atoms with Gasteiger partial charge in [0.25, 0.3) is 0 Å². The highest BCUT2D eigenvalue weighted by Gasteiger charge is 2.22. The first-order valence-electron chi connectivity index (χ1n) is 7.33. The van der Waals surface area contributed by atoms with Crippen LogP contribution in [0.15, 0.2) is 4.79 Å². The molecule has 8 heteroatoms. The van der Waals surface area contributed by atoms with Gasteiger partial charge in [-0.15, -0.1) is 0 Å². The molecule has 0 amide bonds. The van der Waals surface area contributed by atoms with Crippen LogP contribution in [0.1, 0.15) is 29.7 Å². The summed E-state index contributed by atoms with van der Waals surface area (Å²) >= 11 is 1.35. The summed E-state index contributed by atoms with van der Waals surface area (Å²) in [5.74, 6) is 1.86. The smallest absolute Gasteiger partial charge is 0.307 e. The number of nitrogen functional groups attached to an aromatic ring is 1. The molecule has 2 aromatic heterocycles. The third kappa shape index (κ3) is 2.83. The summed E-state index contributed by atoms with van der Waals surface area (Å²) in [6.07, 6.45) is 3.05. The van der Waals surface area contributed by atoms with E-state index in [2.05, 4.69) is 21.9 Å². The van der Waals surface area contributed by atoms with Gasteiger partial charge in [0.15, 0.2) is 5.82 Å². The van der Waals surface area contributed by atoms with E-state index in [1.165, 1.54) is 16.2 Å². The maximum atomic E-state index is 12.3. The van der Waals surface area contributed by atoms with Crippen LogP contribution in [-0.2, 0) is 19.4 Å². The minimum atomic E-state index is 0.0597. The van der Waals surface area contributed by atoms with Gasteiger partial charge in [0.05, 0.1) is 6.54 Å². The van der Waals surface area contributed by atoms with Crippen molar-refractivity contribution in [1.29, 1.82) is 0 Å². The quantitative estimate of drug-likeness (QED) is 0.904. The number of hydrogen-bond acceptors (Lipinski definition) is 7. The van der Waals surface area contributed by atoms with Crippen molar-refractivity contribution in [2.45, 2.75) is 32.7 Å². The lowest BCUT2D eigenvalue weighted by molar-refractivity contribution is 0.486. The van der Waals surface area contributed by atoms with Crippen molar-refractivity contribution >= 4 is 23.2 Å². The number of nitrogens with zero attached hydrogens (tertiary/aromatic N) is 5. The van der Waals surface area contributed by atoms with Gasteiger partial charge < -0.3 is 10.6 Å². The van der Waals surface area contributed by atoms with Gasteiger partial charge in [-0.05, 0) is 25.2 Å². The Morgan fingerprint density at radius 1 is 1.36 bits per heavy atom. The topological polar surface area (TPSA) is 89.9 Å². The average molecular weight is 320 g/mol. The van der Waals surface area contributed by atoms with E-state index in [9.17, 15) is 4.79 Å². The number of aromatic nitrogens is 4. The number of thiazole rings is 1. The second kappa shape index (κ2) is 5.68. The molecule has 2 N–H and O–H groups in total. The van der Waals surface area contributed by atoms with E-state index in [0.717, 1.165) is 25.0 Å². The predicted molar refractivity (Wildman–Crippen MR) is 87.4 cm³/mol. The highest BCUT2D eigenvalue weighted by molar-refractivity contribution is 7.09. The van der Waals surface area contributed by atoms with Gasteiger partial charge in [0.1, 0.15) is 0 Å². The van der Waals surface area contributed by atoms with Crippen molar-refractivity contribution in [2.75, 3.05) is 24.7 Å². The summed E-state index contributed by atoms with van der Waals surface area (Å²) in [6.45, 7) is 2.58. The Balaban J connectivity index is 1.96. The Labute approximate surface area is 132 Å². The van der Waals surface area contributed by atoms with Crippen LogP contribution >= 0.6 is 11.3 Å². The molecule has 0 aromatic carbocycles. The highest BCUT2D eigenvalue weighted by Crippen LogP contribution is 2.27. The fraction of sp³-hybridized carbons (Fsp3) is 0.571. The monoisotopic (exact) mass is 320 g/mol. The number of nitrogens with two attached hydrogens (primary N) is 1. The lowest BCUT2D eigenvalue weighted by Crippen LogP contribution is -2.22. The number of anilines is 2. The molecule has 2 heterocycles. The number of fused-ring (bicyclic) bond motifs is 1. The molecule has 2 aromatic rings. The maximum Gasteiger partial charge on any atom is 0.307 e. The summed E-state index contributed by atoms with van der Waals surface area (Å²) in [5.41, 5.74) is 6.88. The second-order valence-corrected chi connectivity index (χ2v) is 7.02. The Morgan fingerprint density at radius 2 is 2.14 bits per heavy atom. The standard InChI is InChI=1S/C14H20N6OS/c1-8-4-5-9-10(6-8)22-14(21)20(9)7-11-16-12(15)18-13(17-11)19(2)3/h8H,4-7H2,1-3H3,(H2,15,16,17,18). The highest BCUT2D eigenvalue weighted by atomic mass is 32.1. The van der Waals surface area contributed by atoms with Gasteiger partial charge in [0.2, 0.25) is 11.9 Å². The molecule has 1 aliphatic carbocycles. The van der Waals surface area contributed by atoms with Crippen LogP contribution < -0.4 is 15.5 Å². The summed E-state index contributed by atoms with van der Waals surface area (Å²) < 4.78 is 1.79. The molecule has 7 nitrogen and oxygen atoms in total. The van der Waals surface area contributed by atoms with E-state index >= 15 is 0 Å². The van der Waals surface area contributed by atoms with Crippen LogP contribution in [0.4, 0.5) is 11.9 Å². The lowest BCUT2D eigenvalue weighted by atomic mass is 9.93. The largest absolute Gasteiger partial charge is 0.368 e. The van der Waals surface area contributed by atoms with E-state index in [-0.39, 0.29) is 10.8 Å². The third-order valence-electron chi connectivity index (χ3n) is 3.87. The van der Waals surface area contributed by atoms with E-state index in [1.54, 1.807) is 9.47 Å². The van der Waals surface area contributed by atoms with Crippen molar-refractivity contribution in [2.24, 2.45) is 5.92 Å². The predicted octanol–water partition coefficient (Wildman–Crippen LogP) is 0.916. The van der Waals surface area contributed by atoms with Gasteiger partial charge in [-0.3, -0.25) is 9.36 Å². The molecule has 0 spiro atoms. The molecule has 1 atom stereocenters. The summed E-state index contributed by atoms with van der Waals surface area (Å²) in [7, 11) is 3.69. The van der Waals surface area contributed by atoms with Gasteiger partial charge in [-0.25, -0.2) is 0 Å². The molecule has 118 valence electrons. The molecular formula is C14H20N6OS. The molecule has 22 heavy (non-hydrogen) atoms. The molecule has 0 saturated heterocycles. The molecule has 0 saturated carbocycles. The van der Waals surface area contributed by atoms with Crippen LogP contribution in [0.2, 0.25) is 0 Å². The Kier molecular flexibility index (Phi) is 3.86. The van der Waals surface area contributed by atoms with E-state index < -0.39 is 0 Å². The van der Waals surface area contributed by atoms with Crippen LogP contribution in [0.5, 0.6) is 0 Å². The summed E-state index contributed by atoms with van der Waals surface area (Å²) in [6, 6.07) is 0. The summed E-state index contributed by atoms with van der Waals surface area (Å²) in [4.78, 5) is 28.0. The molecule has 0 aliphatic heterocycles. The van der Waals surface area contributed by atoms with Crippen LogP contribution in [0, 0.1) is 5.92 Å². The first-order chi connectivity index (χ1) is 10.4. The van der Waals surface area contributed by atoms with Gasteiger partial charge >= 0.3 is 4.87 Å². The van der Waals surface area contributed by atoms with E-state index in [4.69, 9.17) is 5.73 Å². The van der Waals surface area contributed by atoms with Gasteiger partial charge in [-0.1, -0.05) is 18.3 Å². The fourth-order valence-corrected chi connectivity index (χ4v) is 3.91. The Morgan fingerprint density at radius 3 is 2.86 bits per heavy atom. The fourth-order valence-electron chi connectivity index (χ4n) is 2.71. The molecule has 3 rings (SSSR count). The van der Waals surface area contributed by atoms with E-state index in [0.29, 0.717) is 24.2 Å². The zero-order valence-corrected chi connectivity index (χ0v) is 13.9. The molecule has 1 aliphatic rings. The zero-order chi connectivity index (χ0) is 15.9. The third-order valence-corrected chi connectivity index (χ3v) is 4.92. The Hall–Kier alpha value is -1.96. The Bertz CT molecular complexity index is 750. The second-order valence-electron chi connectivity index (χ2n) is 5.98. The average Bonchev–Trinajstić information content (AvgIpc) is 2.73. The van der Waals surface area contributed by atoms with Crippen LogP contribution in [0.25, 0.3) is 0 Å². The maximum absolute atomic E-state index is 12.3. The number of hydrogen-bond donors (Lipinski definition) is 1. The lowest BCUT2D eigenvalue weighted by Gasteiger charge is -2.19. The van der Waals surface area contributed by atoms with Gasteiger partial charge in [-0.2, -0.15) is 15.0 Å². The zero-order valence-electron chi connectivity index (χ0n) is 13.0. The molecule has 0 fully saturated rings. The molecule has 0 bridgehead atoms. The first-order valence-corrected chi connectivity index (χ1v) is 8.15.